The van der Waals surface area contributed by atoms with Gasteiger partial charge in [-0.05, 0) is 83.1 Å². The van der Waals surface area contributed by atoms with E-state index in [4.69, 9.17) is 16.9 Å². The summed E-state index contributed by atoms with van der Waals surface area (Å²) in [6.07, 6.45) is 1.45. The fraction of sp³-hybridized carbons (Fsp3) is 0.750. The van der Waals surface area contributed by atoms with E-state index in [2.05, 4.69) is 55.2 Å². The number of thiol groups is 1. The molecule has 10 atom stereocenters. The van der Waals surface area contributed by atoms with Gasteiger partial charge in [-0.1, -0.05) is 27.7 Å². The summed E-state index contributed by atoms with van der Waals surface area (Å²) in [5.74, 6) is -7.55. The van der Waals surface area contributed by atoms with Crippen molar-refractivity contribution in [3.05, 3.63) is 0 Å². The Bertz CT molecular complexity index is 1670. The van der Waals surface area contributed by atoms with Crippen molar-refractivity contribution in [2.45, 2.75) is 147 Å². The summed E-state index contributed by atoms with van der Waals surface area (Å²) in [5, 5.41) is 47.6. The zero-order valence-corrected chi connectivity index (χ0v) is 40.2. The van der Waals surface area contributed by atoms with Crippen molar-refractivity contribution in [3.63, 3.8) is 0 Å². The molecule has 1 heterocycles. The Morgan fingerprint density at radius 3 is 1.85 bits per heavy atom. The van der Waals surface area contributed by atoms with E-state index in [1.54, 1.807) is 27.7 Å². The van der Waals surface area contributed by atoms with Crippen LogP contribution in [0.4, 0.5) is 0 Å². The van der Waals surface area contributed by atoms with Crippen molar-refractivity contribution in [1.82, 2.24) is 47.4 Å². The van der Waals surface area contributed by atoms with Crippen LogP contribution in [0.2, 0.25) is 0 Å². The van der Waals surface area contributed by atoms with E-state index in [1.165, 1.54) is 37.4 Å². The standard InChI is InChI=1S/C40H72N12O11S2/c1-19(2)17-26(39(62)63)49-34(57)27(18-64)50-31(54)21(5)45-37(60)30(23(7)53)51-33(56)24(11-9-14-44-40(42)43)47-35(58)28-12-10-15-52(28)38(61)22(6)46-32(55)25(13-16-65-8)48-36(59)29(41)20(3)4/h19-30,53,64H,9-18,41H2,1-8H3,(H,45,60)(H,46,55)(H,47,58)(H,48,59)(H,49,57)(H,50,54)(H,51,56)(H,62,63)(H4,42,43,44)/t21-,22-,23+,24-,25-,26-,27-,28-,29-,30-/m0/s1. The average Bonchev–Trinajstić information content (AvgIpc) is 3.72. The van der Waals surface area contributed by atoms with Crippen molar-refractivity contribution in [1.29, 1.82) is 5.41 Å². The number of aliphatic hydroxyl groups is 1. The van der Waals surface area contributed by atoms with E-state index >= 15 is 0 Å². The van der Waals surface area contributed by atoms with Gasteiger partial charge in [0, 0.05) is 18.8 Å². The first-order valence-electron chi connectivity index (χ1n) is 21.6. The molecule has 0 spiro atoms. The minimum Gasteiger partial charge on any atom is -0.480 e. The number of hydrogen-bond donors (Lipinski definition) is 14. The van der Waals surface area contributed by atoms with Gasteiger partial charge < -0.3 is 69.1 Å². The molecule has 25 heteroatoms. The summed E-state index contributed by atoms with van der Waals surface area (Å²) in [5.41, 5.74) is 11.4. The lowest BCUT2D eigenvalue weighted by atomic mass is 10.0. The monoisotopic (exact) mass is 960 g/mol. The number of amides is 8. The van der Waals surface area contributed by atoms with E-state index in [9.17, 15) is 53.4 Å². The van der Waals surface area contributed by atoms with Crippen LogP contribution in [-0.2, 0) is 43.2 Å². The molecule has 8 amide bonds. The molecule has 0 aliphatic carbocycles. The van der Waals surface area contributed by atoms with E-state index < -0.39 is 114 Å². The van der Waals surface area contributed by atoms with E-state index in [1.807, 2.05) is 6.26 Å². The number of guanidine groups is 1. The molecule has 23 nitrogen and oxygen atoms in total. The summed E-state index contributed by atoms with van der Waals surface area (Å²) >= 11 is 5.56. The summed E-state index contributed by atoms with van der Waals surface area (Å²) in [7, 11) is 0. The predicted octanol–water partition coefficient (Wildman–Crippen LogP) is -3.15. The maximum Gasteiger partial charge on any atom is 0.326 e. The van der Waals surface area contributed by atoms with Gasteiger partial charge >= 0.3 is 5.97 Å². The molecule has 0 radical (unpaired) electrons. The Morgan fingerprint density at radius 1 is 0.754 bits per heavy atom. The SMILES string of the molecule is CSCC[C@H](NC(=O)[C@@H](N)C(C)C)C(=O)N[C@@H](C)C(=O)N1CCC[C@H]1C(=O)N[C@@H](CCCNC(=N)N)C(=O)N[C@H](C(=O)N[C@@H](C)C(=O)N[C@@H](CS)C(=O)N[C@@H](CC(C)C)C(=O)O)[C@@H](C)O. The quantitative estimate of drug-likeness (QED) is 0.0159. The van der Waals surface area contributed by atoms with Gasteiger partial charge in [-0.2, -0.15) is 24.4 Å². The number of nitrogens with two attached hydrogens (primary N) is 2. The van der Waals surface area contributed by atoms with Crippen molar-refractivity contribution < 1.29 is 53.4 Å². The Balaban J connectivity index is 3.16. The summed E-state index contributed by atoms with van der Waals surface area (Å²) in [4.78, 5) is 120. The molecule has 1 saturated heterocycles. The fourth-order valence-electron chi connectivity index (χ4n) is 6.55. The molecule has 0 saturated carbocycles. The predicted molar refractivity (Wildman–Crippen MR) is 247 cm³/mol. The molecule has 1 aliphatic heterocycles. The molecule has 0 aromatic rings. The summed E-state index contributed by atoms with van der Waals surface area (Å²) < 4.78 is 0. The lowest BCUT2D eigenvalue weighted by Gasteiger charge is -2.30. The second kappa shape index (κ2) is 28.9. The van der Waals surface area contributed by atoms with E-state index in [0.29, 0.717) is 12.2 Å². The lowest BCUT2D eigenvalue weighted by Crippen LogP contribution is -2.61. The van der Waals surface area contributed by atoms with Gasteiger partial charge in [0.25, 0.3) is 0 Å². The number of hydrogen-bond acceptors (Lipinski definition) is 14. The molecule has 0 aromatic heterocycles. The van der Waals surface area contributed by atoms with Crippen LogP contribution in [-0.4, -0.2) is 166 Å². The fourth-order valence-corrected chi connectivity index (χ4v) is 7.28. The molecule has 65 heavy (non-hydrogen) atoms. The highest BCUT2D eigenvalue weighted by Crippen LogP contribution is 2.20. The first-order chi connectivity index (χ1) is 30.4. The lowest BCUT2D eigenvalue weighted by molar-refractivity contribution is -0.142. The van der Waals surface area contributed by atoms with Crippen LogP contribution in [0.25, 0.3) is 0 Å². The second-order valence-corrected chi connectivity index (χ2v) is 18.2. The third kappa shape index (κ3) is 20.0. The van der Waals surface area contributed by atoms with Gasteiger partial charge in [0.15, 0.2) is 5.96 Å². The van der Waals surface area contributed by atoms with Crippen molar-refractivity contribution in [2.24, 2.45) is 23.3 Å². The van der Waals surface area contributed by atoms with Crippen molar-refractivity contribution in [3.8, 4) is 0 Å². The smallest absolute Gasteiger partial charge is 0.326 e. The number of aliphatic carboxylic acids is 1. The van der Waals surface area contributed by atoms with Crippen molar-refractivity contribution in [2.75, 3.05) is 30.9 Å². The maximum atomic E-state index is 13.9. The van der Waals surface area contributed by atoms with Crippen LogP contribution in [0, 0.1) is 17.2 Å². The zero-order valence-electron chi connectivity index (χ0n) is 38.5. The summed E-state index contributed by atoms with van der Waals surface area (Å²) in [6.45, 7) is 11.3. The summed E-state index contributed by atoms with van der Waals surface area (Å²) in [6, 6.07) is -10.9. The van der Waals surface area contributed by atoms with E-state index in [-0.39, 0.29) is 68.7 Å². The van der Waals surface area contributed by atoms with Gasteiger partial charge in [0.1, 0.15) is 48.3 Å². The van der Waals surface area contributed by atoms with E-state index in [0.717, 1.165) is 0 Å². The third-order valence-corrected chi connectivity index (χ3v) is 11.4. The van der Waals surface area contributed by atoms with Gasteiger partial charge in [-0.15, -0.1) is 0 Å². The molecule has 0 aromatic carbocycles. The van der Waals surface area contributed by atoms with Gasteiger partial charge in [0.2, 0.25) is 47.3 Å². The number of likely N-dealkylation sites (tertiary alicyclic amines) is 1. The molecule has 1 fully saturated rings. The highest BCUT2D eigenvalue weighted by Gasteiger charge is 2.39. The number of carbonyl (C=O) groups is 9. The number of carboxylic acids is 1. The van der Waals surface area contributed by atoms with Crippen LogP contribution in [0.3, 0.4) is 0 Å². The normalized spacial score (nSPS) is 17.7. The Hall–Kier alpha value is -4.88. The molecule has 15 N–H and O–H groups in total. The van der Waals surface area contributed by atoms with Crippen LogP contribution in [0.5, 0.6) is 0 Å². The topological polar surface area (TPSA) is 369 Å². The van der Waals surface area contributed by atoms with Crippen molar-refractivity contribution >= 4 is 83.6 Å². The number of nitrogens with one attached hydrogen (secondary N) is 9. The number of thioether (sulfide) groups is 1. The number of aliphatic hydroxyl groups excluding tert-OH is 1. The Morgan fingerprint density at radius 2 is 1.31 bits per heavy atom. The van der Waals surface area contributed by atoms with Gasteiger partial charge in [0.05, 0.1) is 12.1 Å². The molecule has 370 valence electrons. The molecular weight excluding hydrogens is 889 g/mol. The van der Waals surface area contributed by atoms with Crippen LogP contribution in [0.15, 0.2) is 0 Å². The Labute approximate surface area is 390 Å². The average molecular weight is 961 g/mol. The highest BCUT2D eigenvalue weighted by atomic mass is 32.2. The third-order valence-electron chi connectivity index (χ3n) is 10.4. The van der Waals surface area contributed by atoms with Crippen LogP contribution < -0.4 is 54.0 Å². The first-order valence-corrected chi connectivity index (χ1v) is 23.7. The minimum absolute atomic E-state index is 0.0609. The molecule has 0 bridgehead atoms. The molecule has 1 aliphatic rings. The van der Waals surface area contributed by atoms with Crippen LogP contribution in [0.1, 0.15) is 87.0 Å². The number of rotatable bonds is 28. The van der Waals surface area contributed by atoms with Crippen LogP contribution >= 0.6 is 24.4 Å². The maximum absolute atomic E-state index is 13.9. The first kappa shape index (κ1) is 58.1. The molecule has 0 unspecified atom stereocenters. The minimum atomic E-state index is -1.66. The van der Waals surface area contributed by atoms with Gasteiger partial charge in [-0.25, -0.2) is 4.79 Å². The molecule has 1 rings (SSSR count). The second-order valence-electron chi connectivity index (χ2n) is 16.8. The largest absolute Gasteiger partial charge is 0.480 e. The Kier molecular flexibility index (Phi) is 25.9. The highest BCUT2D eigenvalue weighted by molar-refractivity contribution is 7.98. The molecular formula is C40H72N12O11S2. The number of carboxylic acid groups (broad SMARTS) is 1. The number of nitrogens with zero attached hydrogens (tertiary/aromatic N) is 1. The van der Waals surface area contributed by atoms with Gasteiger partial charge in [-0.3, -0.25) is 43.8 Å². The number of carbonyl (C=O) groups excluding carboxylic acids is 8. The zero-order chi connectivity index (χ0) is 49.7.